The quantitative estimate of drug-likeness (QED) is 0.830. The van der Waals surface area contributed by atoms with Crippen molar-refractivity contribution >= 4 is 11.6 Å². The van der Waals surface area contributed by atoms with Crippen LogP contribution in [0.1, 0.15) is 51.0 Å². The third-order valence-electron chi connectivity index (χ3n) is 5.43. The van der Waals surface area contributed by atoms with Gasteiger partial charge >= 0.3 is 0 Å². The van der Waals surface area contributed by atoms with Gasteiger partial charge in [0.2, 0.25) is 5.91 Å². The molecule has 4 heteroatoms. The lowest BCUT2D eigenvalue weighted by Gasteiger charge is -2.37. The zero-order valence-electron chi connectivity index (χ0n) is 13.2. The van der Waals surface area contributed by atoms with Gasteiger partial charge in [0.1, 0.15) is 5.82 Å². The van der Waals surface area contributed by atoms with E-state index in [1.165, 1.54) is 12.1 Å². The number of nitrogens with zero attached hydrogens (tertiary/aromatic N) is 2. The van der Waals surface area contributed by atoms with Gasteiger partial charge in [0.05, 0.1) is 16.9 Å². The van der Waals surface area contributed by atoms with E-state index in [1.807, 2.05) is 6.92 Å². The average molecular weight is 300 g/mol. The molecule has 3 nitrogen and oxygen atoms in total. The van der Waals surface area contributed by atoms with Gasteiger partial charge in [-0.25, -0.2) is 4.39 Å². The monoisotopic (exact) mass is 300 g/mol. The Kier molecular flexibility index (Phi) is 3.47. The first-order valence-corrected chi connectivity index (χ1v) is 7.91. The number of carbonyl (C=O) groups excluding carboxylic acids is 1. The van der Waals surface area contributed by atoms with Crippen molar-refractivity contribution in [3.63, 3.8) is 0 Å². The number of benzene rings is 1. The Hall–Kier alpha value is -1.89. The predicted molar refractivity (Wildman–Crippen MR) is 82.9 cm³/mol. The van der Waals surface area contributed by atoms with Crippen LogP contribution >= 0.6 is 0 Å². The Morgan fingerprint density at radius 1 is 1.32 bits per heavy atom. The maximum atomic E-state index is 13.7. The Labute approximate surface area is 130 Å². The van der Waals surface area contributed by atoms with Crippen molar-refractivity contribution in [1.29, 1.82) is 5.26 Å². The first-order chi connectivity index (χ1) is 10.4. The molecule has 22 heavy (non-hydrogen) atoms. The highest BCUT2D eigenvalue weighted by Gasteiger charge is 2.51. The van der Waals surface area contributed by atoms with E-state index in [0.717, 1.165) is 43.4 Å². The molecule has 1 amide bonds. The molecule has 3 rings (SSSR count). The third-order valence-corrected chi connectivity index (χ3v) is 5.43. The highest BCUT2D eigenvalue weighted by molar-refractivity contribution is 6.07. The van der Waals surface area contributed by atoms with Crippen molar-refractivity contribution < 1.29 is 9.18 Å². The predicted octanol–water partition coefficient (Wildman–Crippen LogP) is 3.92. The molecule has 2 aliphatic rings. The van der Waals surface area contributed by atoms with Gasteiger partial charge in [-0.05, 0) is 49.9 Å². The van der Waals surface area contributed by atoms with Crippen molar-refractivity contribution in [3.8, 4) is 6.07 Å². The zero-order chi connectivity index (χ0) is 16.0. The number of likely N-dealkylation sites (N-methyl/N-ethyl adjacent to an activating group) is 1. The first kappa shape index (κ1) is 15.0. The second-order valence-corrected chi connectivity index (χ2v) is 6.99. The van der Waals surface area contributed by atoms with Gasteiger partial charge in [0, 0.05) is 12.7 Å². The standard InChI is InChI=1S/C18H21FN2O/c1-17(11-18(12-20)8-4-3-5-9-18)14-10-13(19)6-7-15(14)21(2)16(17)22/h6-7,10H,3-5,8-9,11H2,1-2H3/t17-/m0/s1. The second kappa shape index (κ2) is 5.08. The molecule has 1 saturated carbocycles. The minimum Gasteiger partial charge on any atom is -0.314 e. The summed E-state index contributed by atoms with van der Waals surface area (Å²) < 4.78 is 13.7. The topological polar surface area (TPSA) is 44.1 Å². The summed E-state index contributed by atoms with van der Waals surface area (Å²) in [6.07, 6.45) is 5.37. The molecule has 0 saturated heterocycles. The van der Waals surface area contributed by atoms with E-state index < -0.39 is 10.8 Å². The van der Waals surface area contributed by atoms with Crippen LogP contribution in [0.5, 0.6) is 0 Å². The van der Waals surface area contributed by atoms with Gasteiger partial charge in [-0.1, -0.05) is 19.3 Å². The maximum Gasteiger partial charge on any atom is 0.237 e. The van der Waals surface area contributed by atoms with Gasteiger partial charge < -0.3 is 4.90 Å². The van der Waals surface area contributed by atoms with Gasteiger partial charge in [-0.15, -0.1) is 0 Å². The molecule has 0 radical (unpaired) electrons. The molecule has 1 heterocycles. The number of fused-ring (bicyclic) bond motifs is 1. The fourth-order valence-corrected chi connectivity index (χ4v) is 4.24. The van der Waals surface area contributed by atoms with Gasteiger partial charge in [0.15, 0.2) is 0 Å². The summed E-state index contributed by atoms with van der Waals surface area (Å²) >= 11 is 0. The number of hydrogen-bond donors (Lipinski definition) is 0. The molecule has 0 unspecified atom stereocenters. The van der Waals surface area contributed by atoms with E-state index in [0.29, 0.717) is 6.42 Å². The van der Waals surface area contributed by atoms with Crippen LogP contribution in [-0.4, -0.2) is 13.0 Å². The van der Waals surface area contributed by atoms with Crippen molar-refractivity contribution in [1.82, 2.24) is 0 Å². The second-order valence-electron chi connectivity index (χ2n) is 6.99. The van der Waals surface area contributed by atoms with Crippen molar-refractivity contribution in [2.75, 3.05) is 11.9 Å². The highest BCUT2D eigenvalue weighted by atomic mass is 19.1. The number of carbonyl (C=O) groups is 1. The van der Waals surface area contributed by atoms with Crippen LogP contribution in [0.3, 0.4) is 0 Å². The average Bonchev–Trinajstić information content (AvgIpc) is 2.70. The molecular weight excluding hydrogens is 279 g/mol. The summed E-state index contributed by atoms with van der Waals surface area (Å²) in [6, 6.07) is 6.99. The van der Waals surface area contributed by atoms with Crippen LogP contribution < -0.4 is 4.90 Å². The molecule has 1 aromatic carbocycles. The Bertz CT molecular complexity index is 658. The van der Waals surface area contributed by atoms with E-state index in [9.17, 15) is 14.4 Å². The van der Waals surface area contributed by atoms with E-state index in [4.69, 9.17) is 0 Å². The van der Waals surface area contributed by atoms with Crippen LogP contribution in [-0.2, 0) is 10.2 Å². The number of rotatable bonds is 2. The molecule has 116 valence electrons. The normalized spacial score (nSPS) is 26.6. The van der Waals surface area contributed by atoms with Crippen molar-refractivity contribution in [2.45, 2.75) is 50.9 Å². The smallest absolute Gasteiger partial charge is 0.237 e. The number of halogens is 1. The van der Waals surface area contributed by atoms with Crippen LogP contribution in [0.25, 0.3) is 0 Å². The van der Waals surface area contributed by atoms with E-state index in [2.05, 4.69) is 6.07 Å². The summed E-state index contributed by atoms with van der Waals surface area (Å²) in [5.74, 6) is -0.365. The molecule has 1 atom stereocenters. The van der Waals surface area contributed by atoms with Gasteiger partial charge in [-0.2, -0.15) is 5.26 Å². The molecule has 1 aliphatic heterocycles. The molecule has 0 spiro atoms. The molecule has 0 N–H and O–H groups in total. The largest absolute Gasteiger partial charge is 0.314 e. The Morgan fingerprint density at radius 2 is 2.00 bits per heavy atom. The fourth-order valence-electron chi connectivity index (χ4n) is 4.24. The lowest BCUT2D eigenvalue weighted by molar-refractivity contribution is -0.123. The SMILES string of the molecule is CN1C(=O)[C@@](C)(CC2(C#N)CCCCC2)c2cc(F)ccc21. The highest BCUT2D eigenvalue weighted by Crippen LogP contribution is 2.51. The van der Waals surface area contributed by atoms with Gasteiger partial charge in [0.25, 0.3) is 0 Å². The summed E-state index contributed by atoms with van der Waals surface area (Å²) in [5, 5.41) is 9.72. The van der Waals surface area contributed by atoms with Crippen molar-refractivity contribution in [2.24, 2.45) is 5.41 Å². The number of anilines is 1. The molecule has 1 aromatic rings. The maximum absolute atomic E-state index is 13.7. The lowest BCUT2D eigenvalue weighted by atomic mass is 9.64. The molecule has 0 bridgehead atoms. The number of hydrogen-bond acceptors (Lipinski definition) is 2. The number of nitriles is 1. The lowest BCUT2D eigenvalue weighted by Crippen LogP contribution is -2.41. The third kappa shape index (κ3) is 2.11. The van der Waals surface area contributed by atoms with E-state index in [1.54, 1.807) is 18.0 Å². The van der Waals surface area contributed by atoms with Crippen LogP contribution in [0, 0.1) is 22.6 Å². The summed E-state index contributed by atoms with van der Waals surface area (Å²) in [5.41, 5.74) is 0.217. The molecule has 1 aliphatic carbocycles. The van der Waals surface area contributed by atoms with Crippen LogP contribution in [0.4, 0.5) is 10.1 Å². The van der Waals surface area contributed by atoms with Gasteiger partial charge in [-0.3, -0.25) is 4.79 Å². The summed E-state index contributed by atoms with van der Waals surface area (Å²) in [4.78, 5) is 14.4. The molecular formula is C18H21FN2O. The van der Waals surface area contributed by atoms with Crippen LogP contribution in [0.15, 0.2) is 18.2 Å². The Balaban J connectivity index is 2.04. The molecule has 0 aromatic heterocycles. The minimum atomic E-state index is -0.806. The summed E-state index contributed by atoms with van der Waals surface area (Å²) in [7, 11) is 1.73. The minimum absolute atomic E-state index is 0.0340. The first-order valence-electron chi connectivity index (χ1n) is 7.91. The fraction of sp³-hybridized carbons (Fsp3) is 0.556. The van der Waals surface area contributed by atoms with E-state index in [-0.39, 0.29) is 11.7 Å². The van der Waals surface area contributed by atoms with E-state index >= 15 is 0 Å². The van der Waals surface area contributed by atoms with Crippen molar-refractivity contribution in [3.05, 3.63) is 29.6 Å². The Morgan fingerprint density at radius 3 is 2.64 bits per heavy atom. The zero-order valence-corrected chi connectivity index (χ0v) is 13.2. The van der Waals surface area contributed by atoms with Crippen LogP contribution in [0.2, 0.25) is 0 Å². The number of amides is 1. The molecule has 1 fully saturated rings. The summed E-state index contributed by atoms with van der Waals surface area (Å²) in [6.45, 7) is 1.87.